The Morgan fingerprint density at radius 2 is 2.00 bits per heavy atom. The van der Waals surface area contributed by atoms with Gasteiger partial charge in [0.05, 0.1) is 18.6 Å². The Labute approximate surface area is 109 Å². The average Bonchev–Trinajstić information content (AvgIpc) is 2.85. The molecule has 0 N–H and O–H groups in total. The smallest absolute Gasteiger partial charge is 0.332 e. The fourth-order valence-corrected chi connectivity index (χ4v) is 2.24. The molecule has 2 rings (SSSR count). The number of esters is 1. The van der Waals surface area contributed by atoms with E-state index in [1.807, 2.05) is 0 Å². The van der Waals surface area contributed by atoms with Crippen molar-refractivity contribution < 1.29 is 9.53 Å². The molecule has 2 atom stereocenters. The molecule has 0 bridgehead atoms. The molecule has 0 aromatic carbocycles. The molecule has 0 spiro atoms. The van der Waals surface area contributed by atoms with Crippen molar-refractivity contribution >= 4 is 18.0 Å². The van der Waals surface area contributed by atoms with Crippen molar-refractivity contribution in [3.05, 3.63) is 26.4 Å². The van der Waals surface area contributed by atoms with Gasteiger partial charge in [-0.05, 0) is 0 Å². The van der Waals surface area contributed by atoms with Crippen LogP contribution in [0.2, 0.25) is 0 Å². The highest BCUT2D eigenvalue weighted by molar-refractivity contribution is 5.86. The zero-order chi connectivity index (χ0) is 14.3. The Morgan fingerprint density at radius 3 is 2.58 bits per heavy atom. The van der Waals surface area contributed by atoms with Gasteiger partial charge >= 0.3 is 11.7 Å². The number of aliphatic imine (C=N–C) groups is 1. The Balaban J connectivity index is 2.64. The fraction of sp³-hybridized carbons (Fsp3) is 0.500. The molecule has 1 aliphatic rings. The molecule has 1 aromatic heterocycles. The van der Waals surface area contributed by atoms with Gasteiger partial charge in [0.15, 0.2) is 0 Å². The van der Waals surface area contributed by atoms with Crippen LogP contribution in [0.25, 0.3) is 0 Å². The van der Waals surface area contributed by atoms with Crippen LogP contribution in [0.3, 0.4) is 0 Å². The van der Waals surface area contributed by atoms with Crippen molar-refractivity contribution in [1.29, 1.82) is 0 Å². The first-order valence-corrected chi connectivity index (χ1v) is 5.82. The van der Waals surface area contributed by atoms with Gasteiger partial charge in [-0.3, -0.25) is 18.7 Å². The van der Waals surface area contributed by atoms with Gasteiger partial charge in [-0.1, -0.05) is 6.92 Å². The molecular weight excluding hydrogens is 250 g/mol. The summed E-state index contributed by atoms with van der Waals surface area (Å²) in [5, 5.41) is 0. The summed E-state index contributed by atoms with van der Waals surface area (Å²) < 4.78 is 7.01. The molecule has 2 heterocycles. The summed E-state index contributed by atoms with van der Waals surface area (Å²) in [6, 6.07) is 0. The fourth-order valence-electron chi connectivity index (χ4n) is 2.24. The third kappa shape index (κ3) is 1.81. The quantitative estimate of drug-likeness (QED) is 0.687. The van der Waals surface area contributed by atoms with Crippen LogP contribution >= 0.6 is 0 Å². The molecule has 0 saturated heterocycles. The zero-order valence-electron chi connectivity index (χ0n) is 11.2. The van der Waals surface area contributed by atoms with Crippen LogP contribution in [-0.2, 0) is 23.6 Å². The minimum atomic E-state index is -0.528. The van der Waals surface area contributed by atoms with E-state index in [4.69, 9.17) is 0 Å². The van der Waals surface area contributed by atoms with Crippen LogP contribution in [-0.4, -0.2) is 28.4 Å². The number of hydrogen-bond donors (Lipinski definition) is 0. The van der Waals surface area contributed by atoms with E-state index in [1.165, 1.54) is 24.9 Å². The molecule has 102 valence electrons. The lowest BCUT2D eigenvalue weighted by Gasteiger charge is -2.16. The lowest BCUT2D eigenvalue weighted by atomic mass is 9.90. The molecule has 0 aliphatic carbocycles. The first kappa shape index (κ1) is 13.3. The largest absolute Gasteiger partial charge is 0.469 e. The SMILES string of the molecule is COC(=O)[C@@H](C)C1C=Nc2c1c(=O)n(C)c(=O)n2C. The van der Waals surface area contributed by atoms with Crippen molar-refractivity contribution in [2.24, 2.45) is 25.0 Å². The third-order valence-corrected chi connectivity index (χ3v) is 3.47. The number of rotatable bonds is 2. The Hall–Kier alpha value is -2.18. The van der Waals surface area contributed by atoms with Crippen LogP contribution in [0.15, 0.2) is 14.6 Å². The molecule has 7 nitrogen and oxygen atoms in total. The normalized spacial score (nSPS) is 18.2. The topological polar surface area (TPSA) is 82.7 Å². The number of aromatic nitrogens is 2. The molecule has 0 fully saturated rings. The van der Waals surface area contributed by atoms with Crippen LogP contribution < -0.4 is 11.2 Å². The number of hydrogen-bond acceptors (Lipinski definition) is 5. The van der Waals surface area contributed by atoms with E-state index in [-0.39, 0.29) is 0 Å². The van der Waals surface area contributed by atoms with E-state index in [0.717, 1.165) is 4.57 Å². The first-order valence-electron chi connectivity index (χ1n) is 5.82. The highest BCUT2D eigenvalue weighted by Crippen LogP contribution is 2.33. The molecule has 1 unspecified atom stereocenters. The van der Waals surface area contributed by atoms with Crippen molar-refractivity contribution in [3.8, 4) is 0 Å². The van der Waals surface area contributed by atoms with E-state index in [9.17, 15) is 14.4 Å². The number of carbonyl (C=O) groups is 1. The van der Waals surface area contributed by atoms with Crippen LogP contribution in [0.5, 0.6) is 0 Å². The Morgan fingerprint density at radius 1 is 1.37 bits per heavy atom. The van der Waals surface area contributed by atoms with Crippen molar-refractivity contribution in [1.82, 2.24) is 9.13 Å². The summed E-state index contributed by atoms with van der Waals surface area (Å²) in [5.74, 6) is -1.10. The summed E-state index contributed by atoms with van der Waals surface area (Å²) in [6.45, 7) is 1.67. The predicted molar refractivity (Wildman–Crippen MR) is 69.0 cm³/mol. The molecule has 0 amide bonds. The van der Waals surface area contributed by atoms with Crippen LogP contribution in [0, 0.1) is 5.92 Å². The molecule has 1 aromatic rings. The summed E-state index contributed by atoms with van der Waals surface area (Å²) >= 11 is 0. The van der Waals surface area contributed by atoms with Gasteiger partial charge in [-0.15, -0.1) is 0 Å². The van der Waals surface area contributed by atoms with Gasteiger partial charge in [0.25, 0.3) is 5.56 Å². The van der Waals surface area contributed by atoms with Gasteiger partial charge in [-0.25, -0.2) is 9.79 Å². The average molecular weight is 265 g/mol. The van der Waals surface area contributed by atoms with Crippen molar-refractivity contribution in [3.63, 3.8) is 0 Å². The van der Waals surface area contributed by atoms with Gasteiger partial charge in [0, 0.05) is 26.2 Å². The molecule has 0 saturated carbocycles. The maximum absolute atomic E-state index is 12.2. The second-order valence-electron chi connectivity index (χ2n) is 4.56. The minimum Gasteiger partial charge on any atom is -0.469 e. The summed E-state index contributed by atoms with van der Waals surface area (Å²) in [4.78, 5) is 39.6. The van der Waals surface area contributed by atoms with E-state index >= 15 is 0 Å². The predicted octanol–water partition coefficient (Wildman–Crippen LogP) is -0.307. The third-order valence-electron chi connectivity index (χ3n) is 3.47. The summed E-state index contributed by atoms with van der Waals surface area (Å²) in [6.07, 6.45) is 1.52. The molecule has 1 aliphatic heterocycles. The van der Waals surface area contributed by atoms with E-state index in [0.29, 0.717) is 11.4 Å². The number of ether oxygens (including phenoxy) is 1. The molecular formula is C12H15N3O4. The second kappa shape index (κ2) is 4.49. The van der Waals surface area contributed by atoms with Gasteiger partial charge in [0.2, 0.25) is 0 Å². The van der Waals surface area contributed by atoms with E-state index in [1.54, 1.807) is 14.0 Å². The van der Waals surface area contributed by atoms with Gasteiger partial charge in [0.1, 0.15) is 5.82 Å². The van der Waals surface area contributed by atoms with Crippen molar-refractivity contribution in [2.45, 2.75) is 12.8 Å². The standard InChI is InChI=1S/C12H15N3O4/c1-6(11(17)19-4)7-5-13-9-8(7)10(16)15(3)12(18)14(9)2/h5-7H,1-4H3/t6-,7?/m0/s1. The highest BCUT2D eigenvalue weighted by atomic mass is 16.5. The minimum absolute atomic E-state index is 0.314. The Kier molecular flexibility index (Phi) is 3.13. The van der Waals surface area contributed by atoms with E-state index in [2.05, 4.69) is 9.73 Å². The molecule has 19 heavy (non-hydrogen) atoms. The number of nitrogens with zero attached hydrogens (tertiary/aromatic N) is 3. The number of methoxy groups -OCH3 is 1. The van der Waals surface area contributed by atoms with Gasteiger partial charge < -0.3 is 4.74 Å². The van der Waals surface area contributed by atoms with Crippen LogP contribution in [0.1, 0.15) is 18.4 Å². The molecule has 0 radical (unpaired) electrons. The Bertz CT molecular complexity index is 683. The monoisotopic (exact) mass is 265 g/mol. The first-order chi connectivity index (χ1) is 8.90. The number of carbonyl (C=O) groups excluding carboxylic acids is 1. The summed E-state index contributed by atoms with van der Waals surface area (Å²) in [5.41, 5.74) is -0.494. The summed E-state index contributed by atoms with van der Waals surface area (Å²) in [7, 11) is 4.25. The van der Waals surface area contributed by atoms with Crippen LogP contribution in [0.4, 0.5) is 5.82 Å². The highest BCUT2D eigenvalue weighted by Gasteiger charge is 2.34. The zero-order valence-corrected chi connectivity index (χ0v) is 11.2. The maximum atomic E-state index is 12.2. The lowest BCUT2D eigenvalue weighted by Crippen LogP contribution is -2.39. The van der Waals surface area contributed by atoms with Crippen molar-refractivity contribution in [2.75, 3.05) is 7.11 Å². The second-order valence-corrected chi connectivity index (χ2v) is 4.56. The maximum Gasteiger partial charge on any atom is 0.332 e. The number of fused-ring (bicyclic) bond motifs is 1. The van der Waals surface area contributed by atoms with E-state index < -0.39 is 29.1 Å². The molecule has 7 heteroatoms. The lowest BCUT2D eigenvalue weighted by molar-refractivity contribution is -0.144. The van der Waals surface area contributed by atoms with Gasteiger partial charge in [-0.2, -0.15) is 0 Å².